The minimum absolute atomic E-state index is 0.417. The van der Waals surface area contributed by atoms with E-state index in [2.05, 4.69) is 181 Å². The van der Waals surface area contributed by atoms with Crippen molar-refractivity contribution in [1.82, 2.24) is 19.9 Å². The lowest BCUT2D eigenvalue weighted by Crippen LogP contribution is -2.28. The van der Waals surface area contributed by atoms with Crippen LogP contribution in [0.1, 0.15) is 22.3 Å². The molecule has 10 rings (SSSR count). The second kappa shape index (κ2) is 13.6. The molecular weight excluding hydrogens is 669 g/mol. The first-order chi connectivity index (χ1) is 27.3. The van der Waals surface area contributed by atoms with Gasteiger partial charge >= 0.3 is 0 Å². The van der Waals surface area contributed by atoms with E-state index in [9.17, 15) is 0 Å². The monoisotopic (exact) mass is 702 g/mol. The van der Waals surface area contributed by atoms with Gasteiger partial charge in [-0.1, -0.05) is 170 Å². The second-order valence-corrected chi connectivity index (χ2v) is 13.9. The summed E-state index contributed by atoms with van der Waals surface area (Å²) in [5.41, 5.74) is 14.4. The molecule has 0 radical (unpaired) electrons. The Morgan fingerprint density at radius 1 is 0.309 bits per heavy atom. The van der Waals surface area contributed by atoms with Gasteiger partial charge in [0.05, 0.1) is 5.41 Å². The SMILES string of the molecule is c1ccc(-c2cccc(-c3nc(-c4ccc(-c5ccc6c(c5)-c5ccccc5C6(c5ccccc5)c5ccccc5)cc4)nc(-c4cccnc4)n3)c2)cc1. The van der Waals surface area contributed by atoms with Crippen molar-refractivity contribution >= 4 is 0 Å². The van der Waals surface area contributed by atoms with Crippen molar-refractivity contribution in [1.29, 1.82) is 0 Å². The molecule has 4 nitrogen and oxygen atoms in total. The standard InChI is InChI=1S/C51H34N4/c1-4-14-35(15-5-1)38-16-12-17-40(32-38)49-53-48(54-50(55-49)41-18-13-31-52-34-41)37-27-25-36(26-28-37)39-29-30-47-45(33-39)44-23-10-11-24-46(44)51(47,42-19-6-2-7-20-42)43-21-8-3-9-22-43/h1-34H. The normalized spacial score (nSPS) is 12.5. The first kappa shape index (κ1) is 32.4. The molecule has 0 fully saturated rings. The Balaban J connectivity index is 1.06. The summed E-state index contributed by atoms with van der Waals surface area (Å²) in [5, 5.41) is 0. The number of benzene rings is 7. The lowest BCUT2D eigenvalue weighted by atomic mass is 9.67. The highest BCUT2D eigenvalue weighted by molar-refractivity contribution is 5.89. The number of hydrogen-bond donors (Lipinski definition) is 0. The topological polar surface area (TPSA) is 51.6 Å². The van der Waals surface area contributed by atoms with E-state index in [4.69, 9.17) is 15.0 Å². The average Bonchev–Trinajstić information content (AvgIpc) is 3.58. The zero-order valence-corrected chi connectivity index (χ0v) is 29.9. The molecule has 0 saturated carbocycles. The summed E-state index contributed by atoms with van der Waals surface area (Å²) < 4.78 is 0. The number of hydrogen-bond acceptors (Lipinski definition) is 4. The van der Waals surface area contributed by atoms with Crippen LogP contribution in [0.4, 0.5) is 0 Å². The summed E-state index contributed by atoms with van der Waals surface area (Å²) >= 11 is 0. The number of fused-ring (bicyclic) bond motifs is 3. The van der Waals surface area contributed by atoms with Crippen molar-refractivity contribution in [2.45, 2.75) is 5.41 Å². The fourth-order valence-electron chi connectivity index (χ4n) is 8.17. The summed E-state index contributed by atoms with van der Waals surface area (Å²) in [7, 11) is 0. The summed E-state index contributed by atoms with van der Waals surface area (Å²) in [4.78, 5) is 19.3. The molecule has 2 heterocycles. The van der Waals surface area contributed by atoms with Crippen molar-refractivity contribution < 1.29 is 0 Å². The molecule has 2 aromatic heterocycles. The summed E-state index contributed by atoms with van der Waals surface area (Å²) in [6.45, 7) is 0. The molecule has 0 spiro atoms. The molecule has 0 atom stereocenters. The first-order valence-corrected chi connectivity index (χ1v) is 18.5. The minimum Gasteiger partial charge on any atom is -0.264 e. The molecule has 0 unspecified atom stereocenters. The fraction of sp³-hybridized carbons (Fsp3) is 0.0196. The van der Waals surface area contributed by atoms with E-state index in [1.165, 1.54) is 33.4 Å². The van der Waals surface area contributed by atoms with Crippen LogP contribution in [0.15, 0.2) is 207 Å². The molecule has 0 amide bonds. The van der Waals surface area contributed by atoms with Gasteiger partial charge < -0.3 is 0 Å². The number of nitrogens with zero attached hydrogens (tertiary/aromatic N) is 4. The molecule has 7 aromatic carbocycles. The van der Waals surface area contributed by atoms with Crippen molar-refractivity contribution in [3.05, 3.63) is 229 Å². The van der Waals surface area contributed by atoms with Gasteiger partial charge in [0.2, 0.25) is 0 Å². The Hall–Kier alpha value is -7.30. The van der Waals surface area contributed by atoms with Crippen LogP contribution in [-0.4, -0.2) is 19.9 Å². The van der Waals surface area contributed by atoms with E-state index in [1.807, 2.05) is 18.2 Å². The molecule has 0 aliphatic heterocycles. The number of pyridine rings is 1. The maximum absolute atomic E-state index is 5.04. The van der Waals surface area contributed by atoms with E-state index >= 15 is 0 Å². The summed E-state index contributed by atoms with van der Waals surface area (Å²) in [6.07, 6.45) is 3.55. The highest BCUT2D eigenvalue weighted by Crippen LogP contribution is 2.56. The predicted molar refractivity (Wildman–Crippen MR) is 222 cm³/mol. The average molecular weight is 703 g/mol. The van der Waals surface area contributed by atoms with Gasteiger partial charge in [-0.15, -0.1) is 0 Å². The Morgan fingerprint density at radius 2 is 0.800 bits per heavy atom. The molecule has 0 N–H and O–H groups in total. The van der Waals surface area contributed by atoms with Gasteiger partial charge in [0.15, 0.2) is 17.5 Å². The fourth-order valence-corrected chi connectivity index (χ4v) is 8.17. The van der Waals surface area contributed by atoms with E-state index in [1.54, 1.807) is 12.4 Å². The molecule has 55 heavy (non-hydrogen) atoms. The quantitative estimate of drug-likeness (QED) is 0.166. The van der Waals surface area contributed by atoms with Gasteiger partial charge in [0.25, 0.3) is 0 Å². The molecule has 9 aromatic rings. The predicted octanol–water partition coefficient (Wildman–Crippen LogP) is 12.0. The van der Waals surface area contributed by atoms with Gasteiger partial charge in [-0.2, -0.15) is 0 Å². The van der Waals surface area contributed by atoms with Crippen LogP contribution in [-0.2, 0) is 5.41 Å². The molecule has 0 bridgehead atoms. The van der Waals surface area contributed by atoms with Crippen LogP contribution in [0.25, 0.3) is 67.5 Å². The lowest BCUT2D eigenvalue weighted by Gasteiger charge is -2.33. The zero-order chi connectivity index (χ0) is 36.6. The van der Waals surface area contributed by atoms with Crippen LogP contribution in [0.3, 0.4) is 0 Å². The largest absolute Gasteiger partial charge is 0.264 e. The maximum atomic E-state index is 5.04. The van der Waals surface area contributed by atoms with Gasteiger partial charge in [-0.05, 0) is 79.9 Å². The van der Waals surface area contributed by atoms with Crippen molar-refractivity contribution in [2.24, 2.45) is 0 Å². The third kappa shape index (κ3) is 5.63. The minimum atomic E-state index is -0.417. The van der Waals surface area contributed by atoms with Crippen molar-refractivity contribution in [3.63, 3.8) is 0 Å². The Labute approximate surface area is 320 Å². The van der Waals surface area contributed by atoms with Crippen molar-refractivity contribution in [2.75, 3.05) is 0 Å². The Bertz CT molecular complexity index is 2740. The van der Waals surface area contributed by atoms with E-state index in [0.717, 1.165) is 38.9 Å². The zero-order valence-electron chi connectivity index (χ0n) is 29.9. The van der Waals surface area contributed by atoms with E-state index < -0.39 is 5.41 Å². The molecule has 4 heteroatoms. The molecule has 258 valence electrons. The van der Waals surface area contributed by atoms with E-state index in [-0.39, 0.29) is 0 Å². The van der Waals surface area contributed by atoms with Gasteiger partial charge in [-0.25, -0.2) is 15.0 Å². The highest BCUT2D eigenvalue weighted by Gasteiger charge is 2.45. The van der Waals surface area contributed by atoms with Gasteiger partial charge in [-0.3, -0.25) is 4.98 Å². The molecular formula is C51H34N4. The number of rotatable bonds is 7. The highest BCUT2D eigenvalue weighted by atomic mass is 15.0. The van der Waals surface area contributed by atoms with Crippen LogP contribution < -0.4 is 0 Å². The van der Waals surface area contributed by atoms with Gasteiger partial charge in [0.1, 0.15) is 0 Å². The Morgan fingerprint density at radius 3 is 1.49 bits per heavy atom. The van der Waals surface area contributed by atoms with Crippen molar-refractivity contribution in [3.8, 4) is 67.5 Å². The van der Waals surface area contributed by atoms with Gasteiger partial charge in [0, 0.05) is 29.1 Å². The van der Waals surface area contributed by atoms with E-state index in [0.29, 0.717) is 17.5 Å². The third-order valence-corrected chi connectivity index (χ3v) is 10.7. The van der Waals surface area contributed by atoms with Crippen LogP contribution in [0.5, 0.6) is 0 Å². The maximum Gasteiger partial charge on any atom is 0.165 e. The molecule has 0 saturated heterocycles. The molecule has 1 aliphatic carbocycles. The molecule has 1 aliphatic rings. The van der Waals surface area contributed by atoms with Crippen LogP contribution in [0.2, 0.25) is 0 Å². The second-order valence-electron chi connectivity index (χ2n) is 13.9. The summed E-state index contributed by atoms with van der Waals surface area (Å²) in [5.74, 6) is 1.81. The number of aromatic nitrogens is 4. The van der Waals surface area contributed by atoms with Crippen LogP contribution in [0, 0.1) is 0 Å². The third-order valence-electron chi connectivity index (χ3n) is 10.7. The smallest absolute Gasteiger partial charge is 0.165 e. The van der Waals surface area contributed by atoms with Crippen LogP contribution >= 0.6 is 0 Å². The first-order valence-electron chi connectivity index (χ1n) is 18.5. The Kier molecular flexibility index (Phi) is 8.00. The summed E-state index contributed by atoms with van der Waals surface area (Å²) in [6, 6.07) is 68.8. The lowest BCUT2D eigenvalue weighted by molar-refractivity contribution is 0.768.